The van der Waals surface area contributed by atoms with E-state index in [1.807, 2.05) is 12.1 Å². The first-order valence-electron chi connectivity index (χ1n) is 9.26. The normalized spacial score (nSPS) is 15.4. The van der Waals surface area contributed by atoms with E-state index < -0.39 is 0 Å². The summed E-state index contributed by atoms with van der Waals surface area (Å²) in [7, 11) is 0. The molecule has 0 unspecified atom stereocenters. The summed E-state index contributed by atoms with van der Waals surface area (Å²) >= 11 is 6.12. The first-order valence-corrected chi connectivity index (χ1v) is 9.64. The lowest BCUT2D eigenvalue weighted by Crippen LogP contribution is -2.45. The first kappa shape index (κ1) is 18.1. The van der Waals surface area contributed by atoms with Crippen LogP contribution in [0.3, 0.4) is 0 Å². The predicted octanol–water partition coefficient (Wildman–Crippen LogP) is 4.51. The van der Waals surface area contributed by atoms with Crippen LogP contribution >= 0.6 is 11.6 Å². The monoisotopic (exact) mass is 357 g/mol. The Hall–Kier alpha value is -1.71. The van der Waals surface area contributed by atoms with Crippen LogP contribution in [-0.2, 0) is 6.54 Å². The molecule has 2 aromatic rings. The van der Waals surface area contributed by atoms with Crippen molar-refractivity contribution in [1.82, 2.24) is 4.90 Å². The topological polar surface area (TPSA) is 9.72 Å². The molecule has 0 spiro atoms. The molecule has 1 aliphatic rings. The Morgan fingerprint density at radius 2 is 1.60 bits per heavy atom. The molecule has 0 aliphatic carbocycles. The van der Waals surface area contributed by atoms with Gasteiger partial charge in [0, 0.05) is 62.2 Å². The summed E-state index contributed by atoms with van der Waals surface area (Å²) in [6, 6.07) is 17.2. The largest absolute Gasteiger partial charge is 0.372 e. The highest BCUT2D eigenvalue weighted by Gasteiger charge is 2.17. The van der Waals surface area contributed by atoms with Gasteiger partial charge in [-0.3, -0.25) is 4.90 Å². The summed E-state index contributed by atoms with van der Waals surface area (Å²) in [5.41, 5.74) is 3.95. The van der Waals surface area contributed by atoms with Crippen molar-refractivity contribution in [3.8, 4) is 0 Å². The third-order valence-corrected chi connectivity index (χ3v) is 5.25. The number of hydrogen-bond acceptors (Lipinski definition) is 3. The van der Waals surface area contributed by atoms with Gasteiger partial charge in [0.15, 0.2) is 0 Å². The first-order chi connectivity index (χ1) is 12.2. The fourth-order valence-electron chi connectivity index (χ4n) is 3.50. The van der Waals surface area contributed by atoms with Crippen LogP contribution < -0.4 is 9.80 Å². The molecular formula is C21H28ClN3. The van der Waals surface area contributed by atoms with Crippen molar-refractivity contribution in [2.75, 3.05) is 49.1 Å². The highest BCUT2D eigenvalue weighted by atomic mass is 35.5. The van der Waals surface area contributed by atoms with Crippen molar-refractivity contribution in [3.05, 3.63) is 59.1 Å². The second-order valence-corrected chi connectivity index (χ2v) is 7.02. The lowest BCUT2D eigenvalue weighted by molar-refractivity contribution is 0.250. The van der Waals surface area contributed by atoms with Gasteiger partial charge >= 0.3 is 0 Å². The molecule has 0 radical (unpaired) electrons. The van der Waals surface area contributed by atoms with E-state index >= 15 is 0 Å². The molecule has 1 saturated heterocycles. The van der Waals surface area contributed by atoms with Crippen LogP contribution in [-0.4, -0.2) is 44.2 Å². The fraction of sp³-hybridized carbons (Fsp3) is 0.429. The fourth-order valence-corrected chi connectivity index (χ4v) is 3.68. The van der Waals surface area contributed by atoms with Crippen LogP contribution in [0.25, 0.3) is 0 Å². The Morgan fingerprint density at radius 1 is 0.920 bits per heavy atom. The molecule has 0 aromatic heterocycles. The maximum absolute atomic E-state index is 6.12. The predicted molar refractivity (Wildman–Crippen MR) is 109 cm³/mol. The van der Waals surface area contributed by atoms with Gasteiger partial charge < -0.3 is 9.80 Å². The Kier molecular flexibility index (Phi) is 6.22. The van der Waals surface area contributed by atoms with Gasteiger partial charge in [-0.15, -0.1) is 0 Å². The number of piperazine rings is 1. The lowest BCUT2D eigenvalue weighted by Gasteiger charge is -2.36. The van der Waals surface area contributed by atoms with Gasteiger partial charge in [-0.25, -0.2) is 0 Å². The van der Waals surface area contributed by atoms with E-state index in [4.69, 9.17) is 11.6 Å². The quantitative estimate of drug-likeness (QED) is 0.753. The third-order valence-electron chi connectivity index (χ3n) is 5.02. The van der Waals surface area contributed by atoms with E-state index in [0.717, 1.165) is 50.8 Å². The zero-order valence-corrected chi connectivity index (χ0v) is 16.0. The number of anilines is 2. The van der Waals surface area contributed by atoms with Crippen LogP contribution in [0.1, 0.15) is 19.4 Å². The Bertz CT molecular complexity index is 659. The summed E-state index contributed by atoms with van der Waals surface area (Å²) < 4.78 is 0. The zero-order valence-electron chi connectivity index (χ0n) is 15.3. The number of benzene rings is 2. The van der Waals surface area contributed by atoms with Gasteiger partial charge in [0.1, 0.15) is 0 Å². The zero-order chi connectivity index (χ0) is 17.6. The average Bonchev–Trinajstić information content (AvgIpc) is 2.65. The molecule has 0 saturated carbocycles. The number of nitrogens with zero attached hydrogens (tertiary/aromatic N) is 3. The van der Waals surface area contributed by atoms with Crippen LogP contribution in [0.5, 0.6) is 0 Å². The Labute approximate surface area is 156 Å². The van der Waals surface area contributed by atoms with Crippen molar-refractivity contribution in [2.45, 2.75) is 20.4 Å². The molecular weight excluding hydrogens is 330 g/mol. The molecule has 1 aliphatic heterocycles. The standard InChI is InChI=1S/C21H28ClN3/c1-3-24(4-2)20-10-8-18(9-11-20)17-23-12-14-25(15-13-23)21-7-5-6-19(22)16-21/h5-11,16H,3-4,12-15,17H2,1-2H3. The summed E-state index contributed by atoms with van der Waals surface area (Å²) in [5, 5.41) is 0.813. The molecule has 4 heteroatoms. The Morgan fingerprint density at radius 3 is 2.20 bits per heavy atom. The molecule has 0 N–H and O–H groups in total. The van der Waals surface area contributed by atoms with E-state index in [2.05, 4.69) is 64.9 Å². The lowest BCUT2D eigenvalue weighted by atomic mass is 10.1. The van der Waals surface area contributed by atoms with Crippen molar-refractivity contribution in [3.63, 3.8) is 0 Å². The van der Waals surface area contributed by atoms with Crippen LogP contribution in [0, 0.1) is 0 Å². The molecule has 1 heterocycles. The SMILES string of the molecule is CCN(CC)c1ccc(CN2CCN(c3cccc(Cl)c3)CC2)cc1. The minimum atomic E-state index is 0.813. The van der Waals surface area contributed by atoms with Crippen LogP contribution in [0.2, 0.25) is 5.02 Å². The molecule has 25 heavy (non-hydrogen) atoms. The molecule has 3 rings (SSSR count). The van der Waals surface area contributed by atoms with Crippen molar-refractivity contribution in [1.29, 1.82) is 0 Å². The molecule has 134 valence electrons. The van der Waals surface area contributed by atoms with E-state index in [1.165, 1.54) is 16.9 Å². The van der Waals surface area contributed by atoms with Crippen molar-refractivity contribution < 1.29 is 0 Å². The highest BCUT2D eigenvalue weighted by Crippen LogP contribution is 2.22. The minimum Gasteiger partial charge on any atom is -0.372 e. The van der Waals surface area contributed by atoms with Crippen LogP contribution in [0.15, 0.2) is 48.5 Å². The van der Waals surface area contributed by atoms with Gasteiger partial charge in [0.05, 0.1) is 0 Å². The maximum Gasteiger partial charge on any atom is 0.0426 e. The van der Waals surface area contributed by atoms with Gasteiger partial charge in [-0.2, -0.15) is 0 Å². The van der Waals surface area contributed by atoms with Gasteiger partial charge in [0.2, 0.25) is 0 Å². The summed E-state index contributed by atoms with van der Waals surface area (Å²) in [5.74, 6) is 0. The number of rotatable bonds is 6. The average molecular weight is 358 g/mol. The molecule has 0 bridgehead atoms. The summed E-state index contributed by atoms with van der Waals surface area (Å²) in [6.45, 7) is 11.8. The summed E-state index contributed by atoms with van der Waals surface area (Å²) in [6.07, 6.45) is 0. The number of hydrogen-bond donors (Lipinski definition) is 0. The van der Waals surface area contributed by atoms with Crippen molar-refractivity contribution in [2.24, 2.45) is 0 Å². The van der Waals surface area contributed by atoms with Gasteiger partial charge in [0.25, 0.3) is 0 Å². The number of halogens is 1. The molecule has 1 fully saturated rings. The third kappa shape index (κ3) is 4.68. The second-order valence-electron chi connectivity index (χ2n) is 6.58. The van der Waals surface area contributed by atoms with E-state index in [-0.39, 0.29) is 0 Å². The summed E-state index contributed by atoms with van der Waals surface area (Å²) in [4.78, 5) is 7.34. The van der Waals surface area contributed by atoms with Crippen LogP contribution in [0.4, 0.5) is 11.4 Å². The molecule has 3 nitrogen and oxygen atoms in total. The molecule has 0 amide bonds. The van der Waals surface area contributed by atoms with Gasteiger partial charge in [-0.05, 0) is 49.7 Å². The maximum atomic E-state index is 6.12. The molecule has 2 aromatic carbocycles. The van der Waals surface area contributed by atoms with Crippen molar-refractivity contribution >= 4 is 23.0 Å². The highest BCUT2D eigenvalue weighted by molar-refractivity contribution is 6.30. The second kappa shape index (κ2) is 8.59. The smallest absolute Gasteiger partial charge is 0.0426 e. The van der Waals surface area contributed by atoms with E-state index in [9.17, 15) is 0 Å². The minimum absolute atomic E-state index is 0.813. The van der Waals surface area contributed by atoms with E-state index in [0.29, 0.717) is 0 Å². The molecule has 0 atom stereocenters. The van der Waals surface area contributed by atoms with Gasteiger partial charge in [-0.1, -0.05) is 29.8 Å². The Balaban J connectivity index is 1.53. The van der Waals surface area contributed by atoms with E-state index in [1.54, 1.807) is 0 Å².